The summed E-state index contributed by atoms with van der Waals surface area (Å²) < 4.78 is 4.65. The Bertz CT molecular complexity index is 253. The summed E-state index contributed by atoms with van der Waals surface area (Å²) in [5.41, 5.74) is 0. The number of hydrogen-bond donors (Lipinski definition) is 3. The van der Waals surface area contributed by atoms with Crippen LogP contribution >= 0.6 is 0 Å². The van der Waals surface area contributed by atoms with Crippen molar-refractivity contribution < 1.29 is 24.2 Å². The molecule has 0 aromatic heterocycles. The summed E-state index contributed by atoms with van der Waals surface area (Å²) in [4.78, 5) is 32.1. The van der Waals surface area contributed by atoms with Crippen LogP contribution in [0.25, 0.3) is 0 Å². The molecule has 15 heavy (non-hydrogen) atoms. The number of carbonyl (C=O) groups is 3. The number of nitrogens with one attached hydrogen (secondary N) is 2. The van der Waals surface area contributed by atoms with E-state index in [-0.39, 0.29) is 0 Å². The smallest absolute Gasteiger partial charge is 0.332 e. The zero-order valence-electron chi connectivity index (χ0n) is 8.57. The number of urea groups is 1. The van der Waals surface area contributed by atoms with Crippen molar-refractivity contribution in [2.45, 2.75) is 20.0 Å². The van der Waals surface area contributed by atoms with Crippen LogP contribution in [0.5, 0.6) is 0 Å². The van der Waals surface area contributed by atoms with Gasteiger partial charge in [0.05, 0.1) is 0 Å². The summed E-state index contributed by atoms with van der Waals surface area (Å²) >= 11 is 0. The van der Waals surface area contributed by atoms with Crippen molar-refractivity contribution in [3.63, 3.8) is 0 Å². The second kappa shape index (κ2) is 6.77. The van der Waals surface area contributed by atoms with Gasteiger partial charge in [-0.25, -0.2) is 9.59 Å². The Morgan fingerprint density at radius 1 is 1.40 bits per heavy atom. The first-order valence-corrected chi connectivity index (χ1v) is 4.39. The minimum absolute atomic E-state index is 0.394. The van der Waals surface area contributed by atoms with Gasteiger partial charge in [-0.2, -0.15) is 0 Å². The molecule has 7 nitrogen and oxygen atoms in total. The lowest BCUT2D eigenvalue weighted by atomic mass is 10.4. The molecule has 0 aliphatic rings. The number of carboxylic acid groups (broad SMARTS) is 1. The van der Waals surface area contributed by atoms with Gasteiger partial charge in [-0.15, -0.1) is 0 Å². The molecule has 0 bridgehead atoms. The SMILES string of the molecule is CCNC(=O)NC(=O)CO[C@@H](C)C(=O)O. The number of ether oxygens (including phenoxy) is 1. The third-order valence-electron chi connectivity index (χ3n) is 1.40. The van der Waals surface area contributed by atoms with Crippen LogP contribution in [0.3, 0.4) is 0 Å². The van der Waals surface area contributed by atoms with Crippen molar-refractivity contribution in [2.75, 3.05) is 13.2 Å². The maximum absolute atomic E-state index is 11.0. The fourth-order valence-corrected chi connectivity index (χ4v) is 0.639. The largest absolute Gasteiger partial charge is 0.479 e. The Kier molecular flexibility index (Phi) is 6.03. The van der Waals surface area contributed by atoms with Crippen molar-refractivity contribution >= 4 is 17.9 Å². The summed E-state index contributed by atoms with van der Waals surface area (Å²) in [5.74, 6) is -1.85. The Morgan fingerprint density at radius 2 is 2.00 bits per heavy atom. The number of carboxylic acids is 1. The molecule has 1 atom stereocenters. The fraction of sp³-hybridized carbons (Fsp3) is 0.625. The van der Waals surface area contributed by atoms with E-state index in [0.29, 0.717) is 6.54 Å². The first kappa shape index (κ1) is 13.4. The molecule has 0 unspecified atom stereocenters. The van der Waals surface area contributed by atoms with Crippen LogP contribution < -0.4 is 10.6 Å². The fourth-order valence-electron chi connectivity index (χ4n) is 0.639. The molecular formula is C8H14N2O5. The van der Waals surface area contributed by atoms with Crippen LogP contribution in [0.15, 0.2) is 0 Å². The van der Waals surface area contributed by atoms with Crippen molar-refractivity contribution in [3.8, 4) is 0 Å². The van der Waals surface area contributed by atoms with Crippen LogP contribution in [-0.4, -0.2) is 42.3 Å². The van der Waals surface area contributed by atoms with E-state index in [0.717, 1.165) is 0 Å². The molecule has 0 saturated carbocycles. The Hall–Kier alpha value is -1.63. The zero-order valence-corrected chi connectivity index (χ0v) is 8.57. The van der Waals surface area contributed by atoms with Crippen molar-refractivity contribution in [1.29, 1.82) is 0 Å². The molecule has 3 amide bonds. The van der Waals surface area contributed by atoms with E-state index in [1.807, 2.05) is 5.32 Å². The molecule has 86 valence electrons. The number of amides is 3. The summed E-state index contributed by atoms with van der Waals surface area (Å²) in [6.45, 7) is 2.92. The van der Waals surface area contributed by atoms with Crippen LogP contribution in [0.4, 0.5) is 4.79 Å². The van der Waals surface area contributed by atoms with Gasteiger partial charge >= 0.3 is 12.0 Å². The number of imide groups is 1. The minimum Gasteiger partial charge on any atom is -0.479 e. The average Bonchev–Trinajstić information content (AvgIpc) is 2.14. The number of aliphatic carboxylic acids is 1. The molecular weight excluding hydrogens is 204 g/mol. The Labute approximate surface area is 86.8 Å². The standard InChI is InChI=1S/C8H14N2O5/c1-3-9-8(14)10-6(11)4-15-5(2)7(12)13/h5H,3-4H2,1-2H3,(H,12,13)(H2,9,10,11,14)/t5-/m0/s1. The van der Waals surface area contributed by atoms with Crippen LogP contribution in [0.2, 0.25) is 0 Å². The summed E-state index contributed by atoms with van der Waals surface area (Å²) in [7, 11) is 0. The average molecular weight is 218 g/mol. The molecule has 0 saturated heterocycles. The van der Waals surface area contributed by atoms with Crippen molar-refractivity contribution in [3.05, 3.63) is 0 Å². The lowest BCUT2D eigenvalue weighted by Gasteiger charge is -2.08. The van der Waals surface area contributed by atoms with Gasteiger partial charge in [0, 0.05) is 6.54 Å². The predicted molar refractivity (Wildman–Crippen MR) is 50.3 cm³/mol. The van der Waals surface area contributed by atoms with Gasteiger partial charge < -0.3 is 15.2 Å². The number of hydrogen-bond acceptors (Lipinski definition) is 4. The van der Waals surface area contributed by atoms with Gasteiger partial charge in [0.1, 0.15) is 6.61 Å². The summed E-state index contributed by atoms with van der Waals surface area (Å²) in [6, 6.07) is -0.630. The van der Waals surface area contributed by atoms with Crippen LogP contribution in [0.1, 0.15) is 13.8 Å². The highest BCUT2D eigenvalue weighted by Crippen LogP contribution is 1.89. The van der Waals surface area contributed by atoms with Crippen LogP contribution in [0, 0.1) is 0 Å². The molecule has 0 aromatic carbocycles. The molecule has 0 heterocycles. The minimum atomic E-state index is -1.17. The number of rotatable bonds is 5. The molecule has 0 aliphatic heterocycles. The quantitative estimate of drug-likeness (QED) is 0.567. The maximum atomic E-state index is 11.0. The molecule has 0 fully saturated rings. The maximum Gasteiger partial charge on any atom is 0.332 e. The van der Waals surface area contributed by atoms with Gasteiger partial charge in [0.15, 0.2) is 6.10 Å². The molecule has 0 aromatic rings. The highest BCUT2D eigenvalue weighted by molar-refractivity contribution is 5.94. The van der Waals surface area contributed by atoms with Gasteiger partial charge in [0.2, 0.25) is 0 Å². The van der Waals surface area contributed by atoms with E-state index in [9.17, 15) is 14.4 Å². The van der Waals surface area contributed by atoms with Gasteiger partial charge in [-0.1, -0.05) is 0 Å². The molecule has 0 radical (unpaired) electrons. The topological polar surface area (TPSA) is 105 Å². The molecule has 0 rings (SSSR count). The lowest BCUT2D eigenvalue weighted by molar-refractivity contribution is -0.150. The first-order chi connectivity index (χ1) is 6.97. The zero-order chi connectivity index (χ0) is 11.8. The molecule has 0 aliphatic carbocycles. The second-order valence-electron chi connectivity index (χ2n) is 2.70. The van der Waals surface area contributed by atoms with Crippen LogP contribution in [-0.2, 0) is 14.3 Å². The Morgan fingerprint density at radius 3 is 2.47 bits per heavy atom. The number of carbonyl (C=O) groups excluding carboxylic acids is 2. The molecule has 0 spiro atoms. The van der Waals surface area contributed by atoms with Crippen molar-refractivity contribution in [1.82, 2.24) is 10.6 Å². The second-order valence-corrected chi connectivity index (χ2v) is 2.70. The molecule has 3 N–H and O–H groups in total. The van der Waals surface area contributed by atoms with E-state index < -0.39 is 30.6 Å². The lowest BCUT2D eigenvalue weighted by Crippen LogP contribution is -2.41. The van der Waals surface area contributed by atoms with E-state index in [4.69, 9.17) is 5.11 Å². The third-order valence-corrected chi connectivity index (χ3v) is 1.40. The third kappa shape index (κ3) is 6.44. The van der Waals surface area contributed by atoms with Gasteiger partial charge in [-0.3, -0.25) is 10.1 Å². The molecule has 7 heteroatoms. The normalized spacial score (nSPS) is 11.6. The van der Waals surface area contributed by atoms with Crippen molar-refractivity contribution in [2.24, 2.45) is 0 Å². The monoisotopic (exact) mass is 218 g/mol. The Balaban J connectivity index is 3.75. The van der Waals surface area contributed by atoms with Gasteiger partial charge in [-0.05, 0) is 13.8 Å². The van der Waals surface area contributed by atoms with Gasteiger partial charge in [0.25, 0.3) is 5.91 Å². The van der Waals surface area contributed by atoms with E-state index in [1.54, 1.807) is 6.92 Å². The summed E-state index contributed by atoms with van der Waals surface area (Å²) in [6.07, 6.45) is -1.08. The van der Waals surface area contributed by atoms with E-state index >= 15 is 0 Å². The van der Waals surface area contributed by atoms with E-state index in [1.165, 1.54) is 6.92 Å². The van der Waals surface area contributed by atoms with E-state index in [2.05, 4.69) is 10.1 Å². The predicted octanol–water partition coefficient (Wildman–Crippen LogP) is -0.678. The highest BCUT2D eigenvalue weighted by atomic mass is 16.5. The highest BCUT2D eigenvalue weighted by Gasteiger charge is 2.14. The first-order valence-electron chi connectivity index (χ1n) is 4.39. The summed E-state index contributed by atoms with van der Waals surface area (Å²) in [5, 5.41) is 12.7.